The van der Waals surface area contributed by atoms with Crippen LogP contribution in [0.15, 0.2) is 58.7 Å². The summed E-state index contributed by atoms with van der Waals surface area (Å²) in [6, 6.07) is 14.1. The first-order valence-corrected chi connectivity index (χ1v) is 6.90. The molecule has 0 aliphatic heterocycles. The van der Waals surface area contributed by atoms with Crippen LogP contribution < -0.4 is 10.9 Å². The number of amides is 2. The van der Waals surface area contributed by atoms with Gasteiger partial charge >= 0.3 is 0 Å². The minimum absolute atomic E-state index is 0.297. The topological polar surface area (TPSA) is 82.9 Å². The second-order valence-corrected chi connectivity index (χ2v) is 4.59. The van der Waals surface area contributed by atoms with Crippen LogP contribution in [-0.4, -0.2) is 24.7 Å². The number of nitrogens with one attached hydrogen (secondary N) is 2. The van der Waals surface area contributed by atoms with Crippen LogP contribution in [0.4, 0.5) is 0 Å². The Kier molecular flexibility index (Phi) is 5.35. The molecular weight excluding hydrogens is 292 g/mol. The Morgan fingerprint density at radius 3 is 1.96 bits per heavy atom. The largest absolute Gasteiger partial charge is 0.271 e. The van der Waals surface area contributed by atoms with Crippen molar-refractivity contribution in [2.45, 2.75) is 6.92 Å². The molecule has 0 aliphatic rings. The minimum atomic E-state index is -0.340. The van der Waals surface area contributed by atoms with Crippen molar-refractivity contribution in [3.8, 4) is 11.1 Å². The van der Waals surface area contributed by atoms with Crippen LogP contribution in [0.2, 0.25) is 0 Å². The van der Waals surface area contributed by atoms with E-state index in [0.29, 0.717) is 11.1 Å². The van der Waals surface area contributed by atoms with Gasteiger partial charge in [-0.3, -0.25) is 9.59 Å². The maximum atomic E-state index is 11.9. The molecule has 116 valence electrons. The predicted molar refractivity (Wildman–Crippen MR) is 90.5 cm³/mol. The van der Waals surface area contributed by atoms with Crippen molar-refractivity contribution < 1.29 is 9.59 Å². The summed E-state index contributed by atoms with van der Waals surface area (Å²) in [4.78, 5) is 23.7. The van der Waals surface area contributed by atoms with E-state index in [1.165, 1.54) is 6.21 Å². The van der Waals surface area contributed by atoms with Crippen LogP contribution in [0.1, 0.15) is 27.6 Å². The van der Waals surface area contributed by atoms with Gasteiger partial charge in [0.2, 0.25) is 0 Å². The summed E-state index contributed by atoms with van der Waals surface area (Å²) in [5, 5.41) is 7.08. The molecular formula is C17H16N4O2. The SMILES string of the molecule is C=NNC(=O)c1cccc(-c2cccc(C(=O)N/N=C/C)c2)c1. The zero-order chi connectivity index (χ0) is 16.7. The van der Waals surface area contributed by atoms with Gasteiger partial charge in [-0.25, -0.2) is 10.9 Å². The van der Waals surface area contributed by atoms with Crippen LogP contribution in [0.5, 0.6) is 0 Å². The highest BCUT2D eigenvalue weighted by Crippen LogP contribution is 2.21. The Morgan fingerprint density at radius 1 is 0.957 bits per heavy atom. The molecule has 0 bridgehead atoms. The third kappa shape index (κ3) is 4.10. The molecule has 6 nitrogen and oxygen atoms in total. The molecule has 0 saturated carbocycles. The van der Waals surface area contributed by atoms with Gasteiger partial charge in [-0.15, -0.1) is 0 Å². The Hall–Kier alpha value is -3.28. The lowest BCUT2D eigenvalue weighted by Gasteiger charge is -2.07. The van der Waals surface area contributed by atoms with E-state index in [9.17, 15) is 9.59 Å². The highest BCUT2D eigenvalue weighted by Gasteiger charge is 2.09. The highest BCUT2D eigenvalue weighted by atomic mass is 16.2. The number of carbonyl (C=O) groups is 2. The van der Waals surface area contributed by atoms with Crippen molar-refractivity contribution in [1.29, 1.82) is 0 Å². The fourth-order valence-corrected chi connectivity index (χ4v) is 2.00. The minimum Gasteiger partial charge on any atom is -0.267 e. The highest BCUT2D eigenvalue weighted by molar-refractivity contribution is 5.97. The van der Waals surface area contributed by atoms with Gasteiger partial charge in [0.05, 0.1) is 0 Å². The van der Waals surface area contributed by atoms with Crippen molar-refractivity contribution in [1.82, 2.24) is 10.9 Å². The summed E-state index contributed by atoms with van der Waals surface area (Å²) in [7, 11) is 0. The van der Waals surface area contributed by atoms with E-state index in [2.05, 4.69) is 27.8 Å². The van der Waals surface area contributed by atoms with Gasteiger partial charge in [-0.1, -0.05) is 24.3 Å². The first-order valence-electron chi connectivity index (χ1n) is 6.90. The monoisotopic (exact) mass is 308 g/mol. The van der Waals surface area contributed by atoms with E-state index in [1.54, 1.807) is 43.3 Å². The maximum Gasteiger partial charge on any atom is 0.271 e. The molecule has 0 aromatic heterocycles. The third-order valence-electron chi connectivity index (χ3n) is 3.06. The lowest BCUT2D eigenvalue weighted by Crippen LogP contribution is -2.17. The van der Waals surface area contributed by atoms with Gasteiger partial charge in [0.1, 0.15) is 0 Å². The van der Waals surface area contributed by atoms with Crippen molar-refractivity contribution in [3.63, 3.8) is 0 Å². The number of hydrogen-bond acceptors (Lipinski definition) is 4. The zero-order valence-electron chi connectivity index (χ0n) is 12.6. The molecule has 0 radical (unpaired) electrons. The summed E-state index contributed by atoms with van der Waals surface area (Å²) < 4.78 is 0. The summed E-state index contributed by atoms with van der Waals surface area (Å²) in [5.74, 6) is -0.636. The standard InChI is InChI=1S/C17H16N4O2/c1-3-19-21-17(23)15-9-5-7-13(11-15)12-6-4-8-14(10-12)16(22)20-18-2/h3-11H,2H2,1H3,(H,20,22)(H,21,23)/b19-3+. The van der Waals surface area contributed by atoms with Crippen LogP contribution >= 0.6 is 0 Å². The Bertz CT molecular complexity index is 769. The molecule has 0 atom stereocenters. The van der Waals surface area contributed by atoms with E-state index in [4.69, 9.17) is 0 Å². The number of hydrazone groups is 2. The zero-order valence-corrected chi connectivity index (χ0v) is 12.6. The molecule has 2 N–H and O–H groups in total. The molecule has 2 rings (SSSR count). The summed E-state index contributed by atoms with van der Waals surface area (Å²) in [6.07, 6.45) is 1.50. The van der Waals surface area contributed by atoms with Crippen molar-refractivity contribution in [2.24, 2.45) is 10.2 Å². The van der Waals surface area contributed by atoms with Crippen molar-refractivity contribution in [3.05, 3.63) is 59.7 Å². The number of carbonyl (C=O) groups excluding carboxylic acids is 2. The lowest BCUT2D eigenvalue weighted by atomic mass is 10.0. The molecule has 0 unspecified atom stereocenters. The van der Waals surface area contributed by atoms with Gasteiger partial charge in [0, 0.05) is 24.1 Å². The van der Waals surface area contributed by atoms with Gasteiger partial charge < -0.3 is 0 Å². The van der Waals surface area contributed by atoms with Gasteiger partial charge in [0.15, 0.2) is 0 Å². The predicted octanol–water partition coefficient (Wildman–Crippen LogP) is 2.43. The normalized spacial score (nSPS) is 10.3. The number of benzene rings is 2. The maximum absolute atomic E-state index is 11.9. The van der Waals surface area contributed by atoms with Crippen LogP contribution in [-0.2, 0) is 0 Å². The molecule has 2 amide bonds. The fraction of sp³-hybridized carbons (Fsp3) is 0.0588. The van der Waals surface area contributed by atoms with Gasteiger partial charge in [-0.05, 0) is 42.3 Å². The van der Waals surface area contributed by atoms with E-state index >= 15 is 0 Å². The molecule has 23 heavy (non-hydrogen) atoms. The molecule has 0 aliphatic carbocycles. The molecule has 0 heterocycles. The smallest absolute Gasteiger partial charge is 0.267 e. The average Bonchev–Trinajstić information content (AvgIpc) is 2.60. The van der Waals surface area contributed by atoms with E-state index < -0.39 is 0 Å². The summed E-state index contributed by atoms with van der Waals surface area (Å²) in [6.45, 7) is 4.94. The quantitative estimate of drug-likeness (QED) is 0.657. The average molecular weight is 308 g/mol. The van der Waals surface area contributed by atoms with E-state index in [1.807, 2.05) is 12.1 Å². The number of rotatable bonds is 5. The van der Waals surface area contributed by atoms with Crippen LogP contribution in [0, 0.1) is 0 Å². The molecule has 6 heteroatoms. The molecule has 0 spiro atoms. The molecule has 2 aromatic carbocycles. The number of hydrogen-bond donors (Lipinski definition) is 2. The van der Waals surface area contributed by atoms with E-state index in [0.717, 1.165) is 11.1 Å². The van der Waals surface area contributed by atoms with Crippen molar-refractivity contribution in [2.75, 3.05) is 0 Å². The molecule has 2 aromatic rings. The molecule has 0 fully saturated rings. The van der Waals surface area contributed by atoms with Crippen LogP contribution in [0.3, 0.4) is 0 Å². The lowest BCUT2D eigenvalue weighted by molar-refractivity contribution is 0.0947. The summed E-state index contributed by atoms with van der Waals surface area (Å²) in [5.41, 5.74) is 7.28. The Morgan fingerprint density at radius 2 is 1.48 bits per heavy atom. The van der Waals surface area contributed by atoms with E-state index in [-0.39, 0.29) is 11.8 Å². The van der Waals surface area contributed by atoms with Gasteiger partial charge in [-0.2, -0.15) is 10.2 Å². The first kappa shape index (κ1) is 16.1. The third-order valence-corrected chi connectivity index (χ3v) is 3.06. The van der Waals surface area contributed by atoms with Crippen molar-refractivity contribution >= 4 is 24.7 Å². The van der Waals surface area contributed by atoms with Crippen LogP contribution in [0.25, 0.3) is 11.1 Å². The Balaban J connectivity index is 2.32. The Labute approximate surface area is 133 Å². The fourth-order valence-electron chi connectivity index (χ4n) is 2.00. The summed E-state index contributed by atoms with van der Waals surface area (Å²) >= 11 is 0. The first-order chi connectivity index (χ1) is 11.2. The second-order valence-electron chi connectivity index (χ2n) is 4.59. The second kappa shape index (κ2) is 7.65. The number of nitrogens with zero attached hydrogens (tertiary/aromatic N) is 2. The molecule has 0 saturated heterocycles. The van der Waals surface area contributed by atoms with Gasteiger partial charge in [0.25, 0.3) is 11.8 Å².